The van der Waals surface area contributed by atoms with Gasteiger partial charge >= 0.3 is 0 Å². The van der Waals surface area contributed by atoms with Gasteiger partial charge in [-0.05, 0) is 49.8 Å². The van der Waals surface area contributed by atoms with Crippen molar-refractivity contribution in [2.45, 2.75) is 44.8 Å². The summed E-state index contributed by atoms with van der Waals surface area (Å²) in [5.74, 6) is 2.10. The molecule has 1 unspecified atom stereocenters. The first-order valence-electron chi connectivity index (χ1n) is 7.95. The Morgan fingerprint density at radius 1 is 1.24 bits per heavy atom. The maximum absolute atomic E-state index is 10.4. The number of benzene rings is 1. The Bertz CT molecular complexity index is 468. The topological polar surface area (TPSA) is 47.9 Å². The minimum Gasteiger partial charge on any atom is -0.490 e. The second-order valence-corrected chi connectivity index (χ2v) is 5.92. The number of aliphatic hydroxyl groups excluding tert-OH is 1. The molecule has 0 aromatic heterocycles. The third-order valence-corrected chi connectivity index (χ3v) is 4.31. The van der Waals surface area contributed by atoms with E-state index >= 15 is 0 Å². The van der Waals surface area contributed by atoms with Gasteiger partial charge in [0.2, 0.25) is 0 Å². The van der Waals surface area contributed by atoms with Crippen LogP contribution in [0.25, 0.3) is 0 Å². The molecule has 116 valence electrons. The molecule has 0 spiro atoms. The number of hydrogen-bond acceptors (Lipinski definition) is 4. The summed E-state index contributed by atoms with van der Waals surface area (Å²) in [6.45, 7) is 4.17. The molecule has 2 aliphatic rings. The van der Waals surface area contributed by atoms with Crippen molar-refractivity contribution in [3.05, 3.63) is 23.8 Å². The summed E-state index contributed by atoms with van der Waals surface area (Å²) in [6, 6.07) is 5.77. The quantitative estimate of drug-likeness (QED) is 0.906. The standard InChI is InChI=1S/C17H24O4/c1-2-19-14-8-12(9-14)10-15(18)13-4-5-16-17(11-13)21-7-3-6-20-16/h4-5,11-12,14-15,18H,2-3,6-10H2,1H3. The van der Waals surface area contributed by atoms with Gasteiger partial charge in [-0.15, -0.1) is 0 Å². The third kappa shape index (κ3) is 3.50. The zero-order chi connectivity index (χ0) is 14.7. The molecule has 1 heterocycles. The lowest BCUT2D eigenvalue weighted by atomic mass is 9.78. The van der Waals surface area contributed by atoms with E-state index in [0.717, 1.165) is 49.4 Å². The van der Waals surface area contributed by atoms with Crippen molar-refractivity contribution < 1.29 is 19.3 Å². The first-order valence-corrected chi connectivity index (χ1v) is 7.95. The average Bonchev–Trinajstić information content (AvgIpc) is 2.69. The summed E-state index contributed by atoms with van der Waals surface area (Å²) < 4.78 is 16.9. The van der Waals surface area contributed by atoms with Gasteiger partial charge in [0.05, 0.1) is 25.4 Å². The lowest BCUT2D eigenvalue weighted by Crippen LogP contribution is -2.32. The summed E-state index contributed by atoms with van der Waals surface area (Å²) in [6.07, 6.45) is 3.78. The molecule has 1 aliphatic heterocycles. The molecule has 1 aliphatic carbocycles. The molecule has 1 aromatic carbocycles. The van der Waals surface area contributed by atoms with Gasteiger partial charge in [0, 0.05) is 13.0 Å². The molecule has 4 heteroatoms. The lowest BCUT2D eigenvalue weighted by Gasteiger charge is -2.36. The lowest BCUT2D eigenvalue weighted by molar-refractivity contribution is -0.0380. The second kappa shape index (κ2) is 6.67. The van der Waals surface area contributed by atoms with Gasteiger partial charge < -0.3 is 19.3 Å². The largest absolute Gasteiger partial charge is 0.490 e. The number of fused-ring (bicyclic) bond motifs is 1. The highest BCUT2D eigenvalue weighted by Crippen LogP contribution is 2.39. The zero-order valence-corrected chi connectivity index (χ0v) is 12.6. The van der Waals surface area contributed by atoms with Crippen LogP contribution in [0.15, 0.2) is 18.2 Å². The van der Waals surface area contributed by atoms with Crippen LogP contribution in [0.5, 0.6) is 11.5 Å². The summed E-state index contributed by atoms with van der Waals surface area (Å²) in [5.41, 5.74) is 0.916. The van der Waals surface area contributed by atoms with E-state index in [-0.39, 0.29) is 0 Å². The van der Waals surface area contributed by atoms with E-state index in [2.05, 4.69) is 0 Å². The number of ether oxygens (including phenoxy) is 3. The zero-order valence-electron chi connectivity index (χ0n) is 12.6. The van der Waals surface area contributed by atoms with E-state index in [1.807, 2.05) is 25.1 Å². The summed E-state index contributed by atoms with van der Waals surface area (Å²) in [5, 5.41) is 10.4. The normalized spacial score (nSPS) is 25.8. The minimum absolute atomic E-state index is 0.399. The molecule has 1 N–H and O–H groups in total. The van der Waals surface area contributed by atoms with E-state index in [0.29, 0.717) is 25.2 Å². The number of aliphatic hydroxyl groups is 1. The Balaban J connectivity index is 1.58. The molecule has 1 aromatic rings. The molecule has 0 amide bonds. The van der Waals surface area contributed by atoms with Gasteiger partial charge in [-0.1, -0.05) is 6.07 Å². The van der Waals surface area contributed by atoms with Crippen LogP contribution in [-0.4, -0.2) is 31.0 Å². The van der Waals surface area contributed by atoms with Crippen molar-refractivity contribution in [2.75, 3.05) is 19.8 Å². The van der Waals surface area contributed by atoms with Gasteiger partial charge in [-0.25, -0.2) is 0 Å². The highest BCUT2D eigenvalue weighted by molar-refractivity contribution is 5.44. The molecule has 21 heavy (non-hydrogen) atoms. The Labute approximate surface area is 126 Å². The highest BCUT2D eigenvalue weighted by Gasteiger charge is 2.31. The van der Waals surface area contributed by atoms with Crippen LogP contribution in [0.1, 0.15) is 44.3 Å². The molecule has 4 nitrogen and oxygen atoms in total. The average molecular weight is 292 g/mol. The Hall–Kier alpha value is -1.26. The maximum Gasteiger partial charge on any atom is 0.161 e. The third-order valence-electron chi connectivity index (χ3n) is 4.31. The first-order chi connectivity index (χ1) is 10.3. The van der Waals surface area contributed by atoms with Crippen molar-refractivity contribution in [3.63, 3.8) is 0 Å². The summed E-state index contributed by atoms with van der Waals surface area (Å²) in [7, 11) is 0. The van der Waals surface area contributed by atoms with E-state index in [1.54, 1.807) is 0 Å². The molecule has 0 saturated heterocycles. The van der Waals surface area contributed by atoms with Gasteiger partial charge in [0.15, 0.2) is 11.5 Å². The van der Waals surface area contributed by atoms with E-state index in [4.69, 9.17) is 14.2 Å². The van der Waals surface area contributed by atoms with Crippen LogP contribution < -0.4 is 9.47 Å². The molecule has 1 saturated carbocycles. The SMILES string of the molecule is CCOC1CC(CC(O)c2ccc3c(c2)OCCCO3)C1. The van der Waals surface area contributed by atoms with Crippen LogP contribution >= 0.6 is 0 Å². The predicted octanol–water partition coefficient (Wildman–Crippen LogP) is 3.09. The Kier molecular flexibility index (Phi) is 4.66. The molecular formula is C17H24O4. The monoisotopic (exact) mass is 292 g/mol. The maximum atomic E-state index is 10.4. The van der Waals surface area contributed by atoms with Crippen LogP contribution in [-0.2, 0) is 4.74 Å². The van der Waals surface area contributed by atoms with Crippen LogP contribution in [0.2, 0.25) is 0 Å². The molecule has 1 atom stereocenters. The summed E-state index contributed by atoms with van der Waals surface area (Å²) >= 11 is 0. The Morgan fingerprint density at radius 2 is 2.00 bits per heavy atom. The number of rotatable bonds is 5. The second-order valence-electron chi connectivity index (χ2n) is 5.92. The van der Waals surface area contributed by atoms with E-state index < -0.39 is 6.10 Å². The smallest absolute Gasteiger partial charge is 0.161 e. The first kappa shape index (κ1) is 14.7. The highest BCUT2D eigenvalue weighted by atomic mass is 16.5. The van der Waals surface area contributed by atoms with Crippen molar-refractivity contribution in [1.29, 1.82) is 0 Å². The summed E-state index contributed by atoms with van der Waals surface area (Å²) in [4.78, 5) is 0. The van der Waals surface area contributed by atoms with E-state index in [9.17, 15) is 5.11 Å². The predicted molar refractivity (Wildman–Crippen MR) is 79.8 cm³/mol. The van der Waals surface area contributed by atoms with E-state index in [1.165, 1.54) is 0 Å². The van der Waals surface area contributed by atoms with Gasteiger partial charge in [-0.3, -0.25) is 0 Å². The molecule has 3 rings (SSSR count). The van der Waals surface area contributed by atoms with Crippen molar-refractivity contribution in [1.82, 2.24) is 0 Å². The molecule has 1 fully saturated rings. The molecule has 0 radical (unpaired) electrons. The van der Waals surface area contributed by atoms with Crippen molar-refractivity contribution in [2.24, 2.45) is 5.92 Å². The minimum atomic E-state index is -0.435. The van der Waals surface area contributed by atoms with Gasteiger partial charge in [0.25, 0.3) is 0 Å². The van der Waals surface area contributed by atoms with Crippen molar-refractivity contribution >= 4 is 0 Å². The molecule has 0 bridgehead atoms. The van der Waals surface area contributed by atoms with Gasteiger partial charge in [-0.2, -0.15) is 0 Å². The van der Waals surface area contributed by atoms with Crippen LogP contribution in [0.3, 0.4) is 0 Å². The molecular weight excluding hydrogens is 268 g/mol. The number of hydrogen-bond donors (Lipinski definition) is 1. The fourth-order valence-corrected chi connectivity index (χ4v) is 3.08. The van der Waals surface area contributed by atoms with Crippen molar-refractivity contribution in [3.8, 4) is 11.5 Å². The van der Waals surface area contributed by atoms with Crippen LogP contribution in [0.4, 0.5) is 0 Å². The van der Waals surface area contributed by atoms with Crippen LogP contribution in [0, 0.1) is 5.92 Å². The fourth-order valence-electron chi connectivity index (χ4n) is 3.08. The van der Waals surface area contributed by atoms with Gasteiger partial charge in [0.1, 0.15) is 0 Å². The fraction of sp³-hybridized carbons (Fsp3) is 0.647. The Morgan fingerprint density at radius 3 is 2.76 bits per heavy atom.